The first-order valence-corrected chi connectivity index (χ1v) is 5.26. The van der Waals surface area contributed by atoms with E-state index in [-0.39, 0.29) is 64.2 Å². The Morgan fingerprint density at radius 1 is 1.25 bits per heavy atom. The van der Waals surface area contributed by atoms with E-state index >= 15 is 0 Å². The molecule has 1 atom stereocenters. The zero-order valence-corrected chi connectivity index (χ0v) is 9.03. The molecule has 0 aliphatic heterocycles. The third-order valence-electron chi connectivity index (χ3n) is 2.12. The van der Waals surface area contributed by atoms with Gasteiger partial charge in [-0.2, -0.15) is 0 Å². The molecule has 0 aliphatic rings. The number of rotatable bonds is 9. The predicted molar refractivity (Wildman–Crippen MR) is 63.0 cm³/mol. The average Bonchev–Trinajstić information content (AvgIpc) is 2.15. The van der Waals surface area contributed by atoms with Gasteiger partial charge in [-0.1, -0.05) is 19.8 Å². The van der Waals surface area contributed by atoms with Gasteiger partial charge >= 0.3 is 63.3 Å². The summed E-state index contributed by atoms with van der Waals surface area (Å²) in [7, 11) is 0. The number of unbranched alkanes of at least 4 members (excludes halogenated alkanes) is 2. The molecular weight excluding hydrogens is 237 g/mol. The van der Waals surface area contributed by atoms with Crippen LogP contribution in [-0.4, -0.2) is 86.1 Å². The topological polar surface area (TPSA) is 86.6 Å². The van der Waals surface area contributed by atoms with Crippen molar-refractivity contribution in [3.63, 3.8) is 0 Å². The fourth-order valence-electron chi connectivity index (χ4n) is 1.23. The van der Waals surface area contributed by atoms with Crippen LogP contribution in [0.4, 0.5) is 0 Å². The Kier molecular flexibility index (Phi) is 14.2. The van der Waals surface area contributed by atoms with Crippen LogP contribution >= 0.6 is 0 Å². The van der Waals surface area contributed by atoms with Crippen molar-refractivity contribution in [3.05, 3.63) is 0 Å². The first-order valence-electron chi connectivity index (χ1n) is 5.26. The Bertz CT molecular complexity index is 211. The van der Waals surface area contributed by atoms with E-state index in [2.05, 4.69) is 12.2 Å². The van der Waals surface area contributed by atoms with Gasteiger partial charge < -0.3 is 15.5 Å². The van der Waals surface area contributed by atoms with Gasteiger partial charge in [0, 0.05) is 6.42 Å². The average molecular weight is 257 g/mol. The minimum absolute atomic E-state index is 0. The third kappa shape index (κ3) is 11.0. The molecule has 6 heteroatoms. The summed E-state index contributed by atoms with van der Waals surface area (Å²) >= 11 is 0. The van der Waals surface area contributed by atoms with Crippen LogP contribution in [0.1, 0.15) is 39.0 Å². The first kappa shape index (κ1) is 18.9. The Balaban J connectivity index is 0. The van der Waals surface area contributed by atoms with Crippen LogP contribution in [-0.2, 0) is 9.59 Å². The second kappa shape index (κ2) is 12.0. The molecule has 0 bridgehead atoms. The van der Waals surface area contributed by atoms with Crippen LogP contribution < -0.4 is 5.32 Å². The minimum atomic E-state index is -0.979. The van der Waals surface area contributed by atoms with Gasteiger partial charge in [-0.25, -0.2) is 0 Å². The molecule has 0 aromatic heterocycles. The maximum absolute atomic E-state index is 10.7. The summed E-state index contributed by atoms with van der Waals surface area (Å²) in [5.41, 5.74) is 0. The fraction of sp³-hybridized carbons (Fsp3) is 0.800. The molecule has 0 amide bonds. The SMILES string of the molecule is CCCCCN[C@@H](CCC(=O)O)C(=O)O.[KH]. The normalized spacial score (nSPS) is 11.6. The molecule has 0 aliphatic carbocycles. The Hall–Kier alpha value is 0.536. The van der Waals surface area contributed by atoms with Crippen LogP contribution in [0.15, 0.2) is 0 Å². The molecular formula is C10H20KNO4. The molecule has 0 spiro atoms. The van der Waals surface area contributed by atoms with Gasteiger partial charge in [-0.3, -0.25) is 9.59 Å². The Labute approximate surface area is 138 Å². The van der Waals surface area contributed by atoms with Crippen LogP contribution in [0.2, 0.25) is 0 Å². The van der Waals surface area contributed by atoms with Crippen molar-refractivity contribution in [1.82, 2.24) is 5.32 Å². The molecule has 3 N–H and O–H groups in total. The van der Waals surface area contributed by atoms with Gasteiger partial charge in [0.1, 0.15) is 6.04 Å². The van der Waals surface area contributed by atoms with Crippen molar-refractivity contribution in [3.8, 4) is 0 Å². The molecule has 16 heavy (non-hydrogen) atoms. The van der Waals surface area contributed by atoms with Crippen molar-refractivity contribution in [2.24, 2.45) is 0 Å². The zero-order chi connectivity index (χ0) is 11.7. The van der Waals surface area contributed by atoms with Crippen LogP contribution in [0.3, 0.4) is 0 Å². The zero-order valence-electron chi connectivity index (χ0n) is 9.03. The van der Waals surface area contributed by atoms with Crippen molar-refractivity contribution >= 4 is 63.3 Å². The second-order valence-electron chi connectivity index (χ2n) is 3.48. The van der Waals surface area contributed by atoms with Gasteiger partial charge in [0.15, 0.2) is 0 Å². The van der Waals surface area contributed by atoms with E-state index in [0.29, 0.717) is 6.54 Å². The van der Waals surface area contributed by atoms with Gasteiger partial charge in [-0.05, 0) is 19.4 Å². The quantitative estimate of drug-likeness (QED) is 0.412. The number of carbonyl (C=O) groups is 2. The van der Waals surface area contributed by atoms with E-state index in [1.807, 2.05) is 0 Å². The fourth-order valence-corrected chi connectivity index (χ4v) is 1.23. The number of carboxylic acid groups (broad SMARTS) is 2. The van der Waals surface area contributed by atoms with Crippen LogP contribution in [0.25, 0.3) is 0 Å². The van der Waals surface area contributed by atoms with Gasteiger partial charge in [0.2, 0.25) is 0 Å². The molecule has 0 rings (SSSR count). The molecule has 0 saturated carbocycles. The molecule has 5 nitrogen and oxygen atoms in total. The van der Waals surface area contributed by atoms with Crippen LogP contribution in [0, 0.1) is 0 Å². The van der Waals surface area contributed by atoms with E-state index in [4.69, 9.17) is 10.2 Å². The molecule has 0 radical (unpaired) electrons. The van der Waals surface area contributed by atoms with Gasteiger partial charge in [-0.15, -0.1) is 0 Å². The van der Waals surface area contributed by atoms with Crippen molar-refractivity contribution < 1.29 is 19.8 Å². The number of nitrogens with one attached hydrogen (secondary N) is 1. The number of aliphatic carboxylic acids is 2. The van der Waals surface area contributed by atoms with E-state index < -0.39 is 18.0 Å². The second-order valence-corrected chi connectivity index (χ2v) is 3.48. The van der Waals surface area contributed by atoms with Crippen LogP contribution in [0.5, 0.6) is 0 Å². The molecule has 0 aromatic rings. The number of hydrogen-bond acceptors (Lipinski definition) is 3. The number of carboxylic acids is 2. The van der Waals surface area contributed by atoms with Crippen molar-refractivity contribution in [2.75, 3.05) is 6.54 Å². The maximum atomic E-state index is 10.7. The summed E-state index contributed by atoms with van der Waals surface area (Å²) in [6, 6.07) is -0.738. The monoisotopic (exact) mass is 257 g/mol. The molecule has 0 saturated heterocycles. The molecule has 0 aromatic carbocycles. The van der Waals surface area contributed by atoms with Gasteiger partial charge in [0.25, 0.3) is 0 Å². The Morgan fingerprint density at radius 2 is 1.88 bits per heavy atom. The van der Waals surface area contributed by atoms with E-state index in [9.17, 15) is 9.59 Å². The summed E-state index contributed by atoms with van der Waals surface area (Å²) in [5, 5.41) is 20.1. The molecule has 0 heterocycles. The molecule has 90 valence electrons. The van der Waals surface area contributed by atoms with E-state index in [0.717, 1.165) is 19.3 Å². The molecule has 0 fully saturated rings. The summed E-state index contributed by atoms with van der Waals surface area (Å²) < 4.78 is 0. The summed E-state index contributed by atoms with van der Waals surface area (Å²) in [5.74, 6) is -1.94. The van der Waals surface area contributed by atoms with E-state index in [1.165, 1.54) is 0 Å². The summed E-state index contributed by atoms with van der Waals surface area (Å²) in [6.45, 7) is 2.70. The van der Waals surface area contributed by atoms with E-state index in [1.54, 1.807) is 0 Å². The summed E-state index contributed by atoms with van der Waals surface area (Å²) in [6.07, 6.45) is 3.08. The standard InChI is InChI=1S/C10H19NO4.K.H/c1-2-3-4-7-11-8(10(14)15)5-6-9(12)13;;/h8,11H,2-7H2,1H3,(H,12,13)(H,14,15);;/t8-;;/m0../s1. The van der Waals surface area contributed by atoms with Crippen molar-refractivity contribution in [1.29, 1.82) is 0 Å². The summed E-state index contributed by atoms with van der Waals surface area (Å²) in [4.78, 5) is 21.0. The third-order valence-corrected chi connectivity index (χ3v) is 2.12. The van der Waals surface area contributed by atoms with Crippen molar-refractivity contribution in [2.45, 2.75) is 45.1 Å². The Morgan fingerprint density at radius 3 is 2.31 bits per heavy atom. The number of hydrogen-bond donors (Lipinski definition) is 3. The molecule has 0 unspecified atom stereocenters. The first-order chi connectivity index (χ1) is 7.07. The van der Waals surface area contributed by atoms with Gasteiger partial charge in [0.05, 0.1) is 0 Å². The predicted octanol–water partition coefficient (Wildman–Crippen LogP) is 0.436.